The van der Waals surface area contributed by atoms with Gasteiger partial charge in [-0.1, -0.05) is 6.92 Å². The first-order valence-corrected chi connectivity index (χ1v) is 7.39. The fourth-order valence-electron chi connectivity index (χ4n) is 2.90. The zero-order chi connectivity index (χ0) is 15.7. The topological polar surface area (TPSA) is 57.1 Å². The van der Waals surface area contributed by atoms with E-state index in [1.165, 1.54) is 12.1 Å². The van der Waals surface area contributed by atoms with Crippen molar-refractivity contribution in [2.24, 2.45) is 11.0 Å². The van der Waals surface area contributed by atoms with Crippen molar-refractivity contribution in [3.63, 3.8) is 0 Å². The molecule has 1 saturated heterocycles. The standard InChI is InChI=1S/C15H19F2N3O2/c1-9-6-13(21)18-19-14(9)10-7-11(16)15(12(17)8-10)20-2-4-22-5-3-20/h7-9,13,18,21H,2-6H2,1H3/t9-,13?/m0/s1. The van der Waals surface area contributed by atoms with E-state index in [0.717, 1.165) is 0 Å². The molecule has 1 aromatic rings. The summed E-state index contributed by atoms with van der Waals surface area (Å²) in [5.41, 5.74) is 3.49. The van der Waals surface area contributed by atoms with Crippen LogP contribution in [0.15, 0.2) is 17.2 Å². The summed E-state index contributed by atoms with van der Waals surface area (Å²) in [5.74, 6) is -1.28. The van der Waals surface area contributed by atoms with Gasteiger partial charge in [0, 0.05) is 31.0 Å². The van der Waals surface area contributed by atoms with Gasteiger partial charge in [0.05, 0.1) is 18.9 Å². The Morgan fingerprint density at radius 1 is 1.27 bits per heavy atom. The van der Waals surface area contributed by atoms with Gasteiger partial charge >= 0.3 is 0 Å². The smallest absolute Gasteiger partial charge is 0.150 e. The number of aliphatic hydroxyl groups excluding tert-OH is 1. The summed E-state index contributed by atoms with van der Waals surface area (Å²) in [7, 11) is 0. The lowest BCUT2D eigenvalue weighted by molar-refractivity contribution is 0.114. The van der Waals surface area contributed by atoms with Crippen molar-refractivity contribution in [3.05, 3.63) is 29.3 Å². The van der Waals surface area contributed by atoms with Crippen LogP contribution in [0.25, 0.3) is 0 Å². The molecule has 0 aromatic heterocycles. The molecule has 2 heterocycles. The van der Waals surface area contributed by atoms with E-state index >= 15 is 0 Å². The first kappa shape index (κ1) is 15.2. The molecular formula is C15H19F2N3O2. The lowest BCUT2D eigenvalue weighted by Gasteiger charge is -2.30. The SMILES string of the molecule is C[C@H]1CC(O)NN=C1c1cc(F)c(N2CCOCC2)c(F)c1. The number of benzene rings is 1. The van der Waals surface area contributed by atoms with Crippen molar-refractivity contribution >= 4 is 11.4 Å². The first-order chi connectivity index (χ1) is 10.6. The van der Waals surface area contributed by atoms with Gasteiger partial charge in [-0.05, 0) is 12.1 Å². The maximum Gasteiger partial charge on any atom is 0.150 e. The van der Waals surface area contributed by atoms with Crippen LogP contribution >= 0.6 is 0 Å². The molecule has 0 amide bonds. The summed E-state index contributed by atoms with van der Waals surface area (Å²) in [6, 6.07) is 2.62. The maximum atomic E-state index is 14.4. The third-order valence-corrected chi connectivity index (χ3v) is 4.02. The summed E-state index contributed by atoms with van der Waals surface area (Å²) >= 11 is 0. The molecule has 1 aromatic carbocycles. The van der Waals surface area contributed by atoms with Crippen molar-refractivity contribution in [2.45, 2.75) is 19.6 Å². The highest BCUT2D eigenvalue weighted by molar-refractivity contribution is 6.02. The van der Waals surface area contributed by atoms with Gasteiger partial charge in [-0.2, -0.15) is 5.10 Å². The van der Waals surface area contributed by atoms with E-state index in [0.29, 0.717) is 44.0 Å². The van der Waals surface area contributed by atoms with Gasteiger partial charge in [0.2, 0.25) is 0 Å². The van der Waals surface area contributed by atoms with Crippen LogP contribution in [-0.4, -0.2) is 43.3 Å². The number of hydrogen-bond donors (Lipinski definition) is 2. The van der Waals surface area contributed by atoms with Gasteiger partial charge in [0.1, 0.15) is 23.5 Å². The Bertz CT molecular complexity index is 565. The number of halogens is 2. The molecule has 2 N–H and O–H groups in total. The molecule has 3 rings (SSSR count). The number of nitrogens with zero attached hydrogens (tertiary/aromatic N) is 2. The fourth-order valence-corrected chi connectivity index (χ4v) is 2.90. The number of hydrazone groups is 1. The molecule has 0 spiro atoms. The van der Waals surface area contributed by atoms with E-state index in [1.54, 1.807) is 4.90 Å². The summed E-state index contributed by atoms with van der Waals surface area (Å²) in [6.45, 7) is 3.74. The van der Waals surface area contributed by atoms with Crippen LogP contribution in [0, 0.1) is 17.6 Å². The van der Waals surface area contributed by atoms with Crippen LogP contribution in [0.5, 0.6) is 0 Å². The molecule has 7 heteroatoms. The van der Waals surface area contributed by atoms with Crippen molar-refractivity contribution in [3.8, 4) is 0 Å². The Morgan fingerprint density at radius 3 is 2.50 bits per heavy atom. The molecule has 0 radical (unpaired) electrons. The van der Waals surface area contributed by atoms with Gasteiger partial charge in [0.25, 0.3) is 0 Å². The predicted molar refractivity (Wildman–Crippen MR) is 78.9 cm³/mol. The van der Waals surface area contributed by atoms with Crippen molar-refractivity contribution in [2.75, 3.05) is 31.2 Å². The average molecular weight is 311 g/mol. The van der Waals surface area contributed by atoms with Crippen LogP contribution in [0.3, 0.4) is 0 Å². The molecule has 0 aliphatic carbocycles. The second-order valence-electron chi connectivity index (χ2n) is 5.67. The normalized spacial score (nSPS) is 25.6. The Morgan fingerprint density at radius 2 is 1.91 bits per heavy atom. The first-order valence-electron chi connectivity index (χ1n) is 7.39. The molecule has 5 nitrogen and oxygen atoms in total. The van der Waals surface area contributed by atoms with Gasteiger partial charge < -0.3 is 14.7 Å². The zero-order valence-electron chi connectivity index (χ0n) is 12.4. The van der Waals surface area contributed by atoms with Crippen molar-refractivity contribution in [1.29, 1.82) is 0 Å². The Balaban J connectivity index is 1.92. The van der Waals surface area contributed by atoms with E-state index < -0.39 is 17.9 Å². The zero-order valence-corrected chi connectivity index (χ0v) is 12.4. The third kappa shape index (κ3) is 2.91. The minimum atomic E-state index is -0.721. The van der Waals surface area contributed by atoms with E-state index in [9.17, 15) is 13.9 Å². The number of anilines is 1. The number of nitrogens with one attached hydrogen (secondary N) is 1. The van der Waals surface area contributed by atoms with Crippen LogP contribution in [0.2, 0.25) is 0 Å². The van der Waals surface area contributed by atoms with Gasteiger partial charge in [0.15, 0.2) is 0 Å². The van der Waals surface area contributed by atoms with E-state index in [-0.39, 0.29) is 11.6 Å². The number of hydrogen-bond acceptors (Lipinski definition) is 5. The second-order valence-corrected chi connectivity index (χ2v) is 5.67. The maximum absolute atomic E-state index is 14.4. The Kier molecular flexibility index (Phi) is 4.26. The number of ether oxygens (including phenoxy) is 1. The molecular weight excluding hydrogens is 292 g/mol. The molecule has 0 saturated carbocycles. The number of rotatable bonds is 2. The number of morpholine rings is 1. The van der Waals surface area contributed by atoms with Crippen molar-refractivity contribution < 1.29 is 18.6 Å². The summed E-state index contributed by atoms with van der Waals surface area (Å²) in [4.78, 5) is 1.66. The molecule has 2 atom stereocenters. The van der Waals surface area contributed by atoms with Gasteiger partial charge in [-0.3, -0.25) is 5.43 Å². The van der Waals surface area contributed by atoms with E-state index in [1.807, 2.05) is 6.92 Å². The molecule has 2 aliphatic heterocycles. The van der Waals surface area contributed by atoms with Crippen LogP contribution in [-0.2, 0) is 4.74 Å². The summed E-state index contributed by atoms with van der Waals surface area (Å²) in [5, 5.41) is 13.5. The molecule has 1 unspecified atom stereocenters. The van der Waals surface area contributed by atoms with Crippen LogP contribution < -0.4 is 10.3 Å². The summed E-state index contributed by atoms with van der Waals surface area (Å²) < 4.78 is 34.0. The fraction of sp³-hybridized carbons (Fsp3) is 0.533. The summed E-state index contributed by atoms with van der Waals surface area (Å²) in [6.07, 6.45) is -0.270. The number of aliphatic hydroxyl groups is 1. The molecule has 120 valence electrons. The van der Waals surface area contributed by atoms with Gasteiger partial charge in [-0.25, -0.2) is 8.78 Å². The molecule has 1 fully saturated rings. The highest BCUT2D eigenvalue weighted by Crippen LogP contribution is 2.28. The third-order valence-electron chi connectivity index (χ3n) is 4.02. The van der Waals surface area contributed by atoms with Crippen LogP contribution in [0.4, 0.5) is 14.5 Å². The Labute approximate surface area is 127 Å². The minimum Gasteiger partial charge on any atom is -0.378 e. The van der Waals surface area contributed by atoms with E-state index in [4.69, 9.17) is 4.74 Å². The minimum absolute atomic E-state index is 0.0101. The lowest BCUT2D eigenvalue weighted by Crippen LogP contribution is -2.38. The largest absolute Gasteiger partial charge is 0.378 e. The van der Waals surface area contributed by atoms with Crippen LogP contribution in [0.1, 0.15) is 18.9 Å². The van der Waals surface area contributed by atoms with E-state index in [2.05, 4.69) is 10.5 Å². The molecule has 2 aliphatic rings. The average Bonchev–Trinajstić information content (AvgIpc) is 2.47. The predicted octanol–water partition coefficient (Wildman–Crippen LogP) is 1.45. The lowest BCUT2D eigenvalue weighted by atomic mass is 9.93. The molecule has 0 bridgehead atoms. The Hall–Kier alpha value is -1.73. The second kappa shape index (κ2) is 6.18. The monoisotopic (exact) mass is 311 g/mol. The highest BCUT2D eigenvalue weighted by Gasteiger charge is 2.25. The van der Waals surface area contributed by atoms with Crippen molar-refractivity contribution in [1.82, 2.24) is 5.43 Å². The van der Waals surface area contributed by atoms with Gasteiger partial charge in [-0.15, -0.1) is 0 Å². The quantitative estimate of drug-likeness (QED) is 0.868. The molecule has 22 heavy (non-hydrogen) atoms. The highest BCUT2D eigenvalue weighted by atomic mass is 19.1.